The van der Waals surface area contributed by atoms with E-state index in [-0.39, 0.29) is 17.9 Å². The van der Waals surface area contributed by atoms with Crippen LogP contribution in [0, 0.1) is 0 Å². The van der Waals surface area contributed by atoms with E-state index in [9.17, 15) is 14.4 Å². The molecule has 0 radical (unpaired) electrons. The maximum atomic E-state index is 12.8. The molecule has 2 aliphatic rings. The zero-order valence-corrected chi connectivity index (χ0v) is 18.2. The molecule has 1 atom stereocenters. The maximum absolute atomic E-state index is 12.8. The summed E-state index contributed by atoms with van der Waals surface area (Å²) in [5, 5.41) is 6.05. The average Bonchev–Trinajstić information content (AvgIpc) is 3.02. The lowest BCUT2D eigenvalue weighted by Gasteiger charge is -2.22. The summed E-state index contributed by atoms with van der Waals surface area (Å²) in [6, 6.07) is 4.79. The van der Waals surface area contributed by atoms with Crippen molar-refractivity contribution in [2.75, 3.05) is 26.2 Å². The molecule has 1 unspecified atom stereocenters. The van der Waals surface area contributed by atoms with Crippen LogP contribution in [0.15, 0.2) is 23.0 Å². The standard InChI is InChI=1S/C23H32N4O4/c1-26-19-15-16(5-3-2-4-14-31-17-8-11-24-12-9-17)6-7-18(19)27(23(26)30)21-20(28)10-13-25-22(21)29/h6-7,15,17,21,24H,2-5,8-14H2,1H3,(H,25,29). The van der Waals surface area contributed by atoms with Gasteiger partial charge in [-0.2, -0.15) is 0 Å². The lowest BCUT2D eigenvalue weighted by molar-refractivity contribution is -0.135. The molecule has 1 aromatic heterocycles. The first-order valence-corrected chi connectivity index (χ1v) is 11.4. The molecule has 1 amide bonds. The van der Waals surface area contributed by atoms with Gasteiger partial charge in [0.15, 0.2) is 11.8 Å². The molecule has 2 fully saturated rings. The van der Waals surface area contributed by atoms with Crippen molar-refractivity contribution in [2.45, 2.75) is 57.1 Å². The number of fused-ring (bicyclic) bond motifs is 1. The van der Waals surface area contributed by atoms with Crippen molar-refractivity contribution < 1.29 is 14.3 Å². The quantitative estimate of drug-likeness (QED) is 0.490. The molecule has 168 valence electrons. The first kappa shape index (κ1) is 21.8. The molecule has 2 aromatic rings. The van der Waals surface area contributed by atoms with E-state index in [0.29, 0.717) is 18.2 Å². The Morgan fingerprint density at radius 3 is 2.61 bits per heavy atom. The van der Waals surface area contributed by atoms with Crippen LogP contribution in [0.5, 0.6) is 0 Å². The molecule has 0 spiro atoms. The predicted octanol–water partition coefficient (Wildman–Crippen LogP) is 1.45. The van der Waals surface area contributed by atoms with E-state index in [1.807, 2.05) is 18.2 Å². The number of nitrogens with zero attached hydrogens (tertiary/aromatic N) is 2. The van der Waals surface area contributed by atoms with Crippen molar-refractivity contribution in [3.05, 3.63) is 34.2 Å². The third-order valence-electron chi connectivity index (χ3n) is 6.39. The molecular formula is C23H32N4O4. The topological polar surface area (TPSA) is 94.4 Å². The van der Waals surface area contributed by atoms with E-state index >= 15 is 0 Å². The van der Waals surface area contributed by atoms with Gasteiger partial charge < -0.3 is 15.4 Å². The number of aryl methyl sites for hydroxylation is 2. The molecule has 2 saturated heterocycles. The number of hydrogen-bond donors (Lipinski definition) is 2. The molecule has 3 heterocycles. The van der Waals surface area contributed by atoms with Crippen LogP contribution in [-0.4, -0.2) is 53.2 Å². The maximum Gasteiger partial charge on any atom is 0.329 e. The van der Waals surface area contributed by atoms with Gasteiger partial charge in [-0.25, -0.2) is 4.79 Å². The first-order valence-electron chi connectivity index (χ1n) is 11.4. The molecule has 31 heavy (non-hydrogen) atoms. The van der Waals surface area contributed by atoms with Gasteiger partial charge in [-0.1, -0.05) is 12.5 Å². The second-order valence-electron chi connectivity index (χ2n) is 8.58. The summed E-state index contributed by atoms with van der Waals surface area (Å²) in [5.74, 6) is -0.615. The number of ketones is 1. The minimum absolute atomic E-state index is 0.214. The zero-order chi connectivity index (χ0) is 21.8. The molecule has 1 aromatic carbocycles. The fraction of sp³-hybridized carbons (Fsp3) is 0.609. The monoisotopic (exact) mass is 428 g/mol. The van der Waals surface area contributed by atoms with Crippen LogP contribution >= 0.6 is 0 Å². The van der Waals surface area contributed by atoms with Gasteiger partial charge in [-0.15, -0.1) is 0 Å². The zero-order valence-electron chi connectivity index (χ0n) is 18.2. The third kappa shape index (κ3) is 4.75. The van der Waals surface area contributed by atoms with Gasteiger partial charge in [0, 0.05) is 26.6 Å². The highest BCUT2D eigenvalue weighted by molar-refractivity contribution is 6.06. The Morgan fingerprint density at radius 2 is 1.84 bits per heavy atom. The van der Waals surface area contributed by atoms with Crippen LogP contribution in [0.4, 0.5) is 0 Å². The molecular weight excluding hydrogens is 396 g/mol. The molecule has 8 nitrogen and oxygen atoms in total. The fourth-order valence-electron chi connectivity index (χ4n) is 4.58. The van der Waals surface area contributed by atoms with Crippen molar-refractivity contribution in [1.82, 2.24) is 19.8 Å². The first-order chi connectivity index (χ1) is 15.1. The normalized spacial score (nSPS) is 20.4. The molecule has 2 aliphatic heterocycles. The van der Waals surface area contributed by atoms with Gasteiger partial charge in [-0.3, -0.25) is 18.7 Å². The van der Waals surface area contributed by atoms with E-state index in [4.69, 9.17) is 4.74 Å². The van der Waals surface area contributed by atoms with Gasteiger partial charge in [-0.05, 0) is 62.9 Å². The average molecular weight is 429 g/mol. The molecule has 2 N–H and O–H groups in total. The summed E-state index contributed by atoms with van der Waals surface area (Å²) in [7, 11) is 1.69. The second kappa shape index (κ2) is 9.78. The number of Topliss-reactive ketones (excluding diaryl/α,β-unsaturated/α-hetero) is 1. The summed E-state index contributed by atoms with van der Waals surface area (Å²) in [4.78, 5) is 37.5. The van der Waals surface area contributed by atoms with Crippen molar-refractivity contribution in [2.24, 2.45) is 7.05 Å². The Hall–Kier alpha value is -2.45. The number of amides is 1. The number of benzene rings is 1. The Morgan fingerprint density at radius 1 is 1.03 bits per heavy atom. The third-order valence-corrected chi connectivity index (χ3v) is 6.39. The number of piperidine rings is 2. The molecule has 0 saturated carbocycles. The summed E-state index contributed by atoms with van der Waals surface area (Å²) >= 11 is 0. The number of rotatable bonds is 8. The van der Waals surface area contributed by atoms with E-state index in [2.05, 4.69) is 10.6 Å². The molecule has 0 bridgehead atoms. The van der Waals surface area contributed by atoms with Gasteiger partial charge >= 0.3 is 5.69 Å². The molecule has 4 rings (SSSR count). The van der Waals surface area contributed by atoms with Crippen LogP contribution in [0.3, 0.4) is 0 Å². The lowest BCUT2D eigenvalue weighted by atomic mass is 10.0. The number of nitrogens with one attached hydrogen (secondary N) is 2. The van der Waals surface area contributed by atoms with Crippen LogP contribution in [0.1, 0.15) is 50.1 Å². The highest BCUT2D eigenvalue weighted by Crippen LogP contribution is 2.22. The van der Waals surface area contributed by atoms with Gasteiger partial charge in [0.2, 0.25) is 0 Å². The van der Waals surface area contributed by atoms with Crippen LogP contribution in [0.2, 0.25) is 0 Å². The minimum atomic E-state index is -1.07. The number of unbranched alkanes of at least 4 members (excludes halogenated alkanes) is 2. The number of carbonyl (C=O) groups is 2. The Labute approximate surface area is 181 Å². The van der Waals surface area contributed by atoms with Crippen LogP contribution in [0.25, 0.3) is 11.0 Å². The van der Waals surface area contributed by atoms with Crippen molar-refractivity contribution in [1.29, 1.82) is 0 Å². The number of hydrogen-bond acceptors (Lipinski definition) is 5. The van der Waals surface area contributed by atoms with Crippen LogP contribution < -0.4 is 16.3 Å². The largest absolute Gasteiger partial charge is 0.378 e. The van der Waals surface area contributed by atoms with E-state index in [1.165, 1.54) is 9.13 Å². The smallest absolute Gasteiger partial charge is 0.329 e. The number of imidazole rings is 1. The number of carbonyl (C=O) groups excluding carboxylic acids is 2. The van der Waals surface area contributed by atoms with Crippen LogP contribution in [-0.2, 0) is 27.8 Å². The predicted molar refractivity (Wildman–Crippen MR) is 118 cm³/mol. The summed E-state index contributed by atoms with van der Waals surface area (Å²) in [6.07, 6.45) is 6.99. The van der Waals surface area contributed by atoms with Gasteiger partial charge in [0.25, 0.3) is 5.91 Å². The Kier molecular flexibility index (Phi) is 6.87. The SMILES string of the molecule is Cn1c(=O)n(C2C(=O)CCNC2=O)c2ccc(CCCCCOC3CCNCC3)cc21. The Balaban J connectivity index is 1.37. The number of aromatic nitrogens is 2. The molecule has 8 heteroatoms. The fourth-order valence-corrected chi connectivity index (χ4v) is 4.58. The van der Waals surface area contributed by atoms with Gasteiger partial charge in [0.05, 0.1) is 17.1 Å². The highest BCUT2D eigenvalue weighted by Gasteiger charge is 2.34. The number of ether oxygens (including phenoxy) is 1. The molecule has 0 aliphatic carbocycles. The lowest BCUT2D eigenvalue weighted by Crippen LogP contribution is -2.46. The van der Waals surface area contributed by atoms with Crippen molar-refractivity contribution >= 4 is 22.7 Å². The van der Waals surface area contributed by atoms with E-state index in [0.717, 1.165) is 69.3 Å². The van der Waals surface area contributed by atoms with E-state index < -0.39 is 11.9 Å². The minimum Gasteiger partial charge on any atom is -0.378 e. The van der Waals surface area contributed by atoms with E-state index in [1.54, 1.807) is 7.05 Å². The van der Waals surface area contributed by atoms with Crippen molar-refractivity contribution in [3.63, 3.8) is 0 Å². The summed E-state index contributed by atoms with van der Waals surface area (Å²) in [6.45, 7) is 3.26. The highest BCUT2D eigenvalue weighted by atomic mass is 16.5. The van der Waals surface area contributed by atoms with Crippen molar-refractivity contribution in [3.8, 4) is 0 Å². The second-order valence-corrected chi connectivity index (χ2v) is 8.58. The summed E-state index contributed by atoms with van der Waals surface area (Å²) < 4.78 is 8.83. The Bertz CT molecular complexity index is 987. The van der Waals surface area contributed by atoms with Gasteiger partial charge in [0.1, 0.15) is 0 Å². The summed E-state index contributed by atoms with van der Waals surface area (Å²) in [5.41, 5.74) is 2.20.